The van der Waals surface area contributed by atoms with Crippen LogP contribution in [-0.2, 0) is 79.6 Å². The fourth-order valence-corrected chi connectivity index (χ4v) is 8.03. The number of amides is 4. The van der Waals surface area contributed by atoms with E-state index in [0.29, 0.717) is 43.5 Å². The Balaban J connectivity index is 1.37. The molecule has 67 heavy (non-hydrogen) atoms. The summed E-state index contributed by atoms with van der Waals surface area (Å²) in [5.41, 5.74) is 1.34. The van der Waals surface area contributed by atoms with Crippen LogP contribution in [0.15, 0.2) is 48.5 Å². The molecule has 0 radical (unpaired) electrons. The molecule has 2 aromatic rings. The van der Waals surface area contributed by atoms with Crippen LogP contribution in [0.2, 0.25) is 0 Å². The molecular formula is C48H63FN4O14. The van der Waals surface area contributed by atoms with Gasteiger partial charge in [0.2, 0.25) is 0 Å². The number of benzene rings is 2. The molecule has 3 unspecified atom stereocenters. The van der Waals surface area contributed by atoms with Crippen molar-refractivity contribution in [3.8, 4) is 0 Å². The maximum atomic E-state index is 15.3. The normalized spacial score (nSPS) is 23.1. The highest BCUT2D eigenvalue weighted by Gasteiger charge is 2.39. The van der Waals surface area contributed by atoms with Gasteiger partial charge in [0.1, 0.15) is 31.3 Å². The lowest BCUT2D eigenvalue weighted by Gasteiger charge is -2.32. The minimum absolute atomic E-state index is 0.102. The van der Waals surface area contributed by atoms with Crippen LogP contribution in [0.5, 0.6) is 0 Å². The molecule has 3 fully saturated rings. The zero-order chi connectivity index (χ0) is 48.8. The van der Waals surface area contributed by atoms with Crippen LogP contribution < -0.4 is 0 Å². The molecule has 3 aliphatic heterocycles. The predicted octanol–water partition coefficient (Wildman–Crippen LogP) is 2.52. The lowest BCUT2D eigenvalue weighted by Crippen LogP contribution is -2.51. The number of carbonyl (C=O) groups is 8. The molecule has 0 N–H and O–H groups in total. The van der Waals surface area contributed by atoms with Gasteiger partial charge in [-0.1, -0.05) is 48.5 Å². The third kappa shape index (κ3) is 15.8. The molecule has 0 aliphatic carbocycles. The zero-order valence-corrected chi connectivity index (χ0v) is 39.2. The van der Waals surface area contributed by atoms with Crippen molar-refractivity contribution in [1.82, 2.24) is 19.6 Å². The molecule has 19 heteroatoms. The fraction of sp³-hybridized carbons (Fsp3) is 0.583. The van der Waals surface area contributed by atoms with Gasteiger partial charge in [-0.2, -0.15) is 0 Å². The summed E-state index contributed by atoms with van der Waals surface area (Å²) < 4.78 is 48.1. The first kappa shape index (κ1) is 52.0. The summed E-state index contributed by atoms with van der Waals surface area (Å²) in [5, 5.41) is 0. The second kappa shape index (κ2) is 24.2. The van der Waals surface area contributed by atoms with E-state index < -0.39 is 111 Å². The van der Waals surface area contributed by atoms with E-state index in [-0.39, 0.29) is 18.8 Å². The Morgan fingerprint density at radius 3 is 1.39 bits per heavy atom. The third-order valence-corrected chi connectivity index (χ3v) is 12.1. The van der Waals surface area contributed by atoms with Crippen LogP contribution in [0, 0.1) is 0 Å². The molecule has 366 valence electrons. The highest BCUT2D eigenvalue weighted by molar-refractivity contribution is 5.92. The van der Waals surface area contributed by atoms with Crippen LogP contribution in [0.4, 0.5) is 4.39 Å². The zero-order valence-electron chi connectivity index (χ0n) is 39.2. The summed E-state index contributed by atoms with van der Waals surface area (Å²) in [6.07, 6.45) is -0.496. The molecule has 3 heterocycles. The number of ether oxygens (including phenoxy) is 6. The van der Waals surface area contributed by atoms with Gasteiger partial charge in [-0.25, -0.2) is 9.18 Å². The van der Waals surface area contributed by atoms with Crippen molar-refractivity contribution in [2.75, 3.05) is 87.5 Å². The number of cyclic esters (lactones) is 4. The summed E-state index contributed by atoms with van der Waals surface area (Å²) in [6, 6.07) is 13.3. The Hall–Kier alpha value is -5.95. The molecular weight excluding hydrogens is 876 g/mol. The van der Waals surface area contributed by atoms with Crippen molar-refractivity contribution in [3.05, 3.63) is 70.8 Å². The van der Waals surface area contributed by atoms with Crippen molar-refractivity contribution in [2.24, 2.45) is 0 Å². The van der Waals surface area contributed by atoms with Gasteiger partial charge in [-0.15, -0.1) is 0 Å². The number of esters is 4. The number of hydrogen-bond acceptors (Lipinski definition) is 14. The largest absolute Gasteiger partial charge is 0.454 e. The Bertz CT molecular complexity index is 2060. The molecule has 5 rings (SSSR count). The average Bonchev–Trinajstić information content (AvgIpc) is 3.30. The monoisotopic (exact) mass is 938 g/mol. The smallest absolute Gasteiger partial charge is 0.329 e. The Morgan fingerprint density at radius 1 is 0.552 bits per heavy atom. The maximum Gasteiger partial charge on any atom is 0.329 e. The third-order valence-electron chi connectivity index (χ3n) is 12.1. The highest BCUT2D eigenvalue weighted by Crippen LogP contribution is 2.29. The van der Waals surface area contributed by atoms with Gasteiger partial charge < -0.3 is 48.0 Å². The van der Waals surface area contributed by atoms with Crippen LogP contribution in [-0.4, -0.2) is 178 Å². The molecule has 18 nitrogen and oxygen atoms in total. The molecule has 2 aromatic carbocycles. The fourth-order valence-electron chi connectivity index (χ4n) is 8.03. The summed E-state index contributed by atoms with van der Waals surface area (Å²) in [5.74, 6) is -6.95. The van der Waals surface area contributed by atoms with Crippen LogP contribution in [0.1, 0.15) is 80.0 Å². The highest BCUT2D eigenvalue weighted by atomic mass is 19.1. The molecule has 4 amide bonds. The van der Waals surface area contributed by atoms with E-state index in [9.17, 15) is 38.4 Å². The number of nitrogens with zero attached hydrogens (tertiary/aromatic N) is 4. The molecule has 0 bridgehead atoms. The first-order valence-electron chi connectivity index (χ1n) is 22.5. The van der Waals surface area contributed by atoms with Crippen molar-refractivity contribution >= 4 is 47.5 Å². The second-order valence-electron chi connectivity index (χ2n) is 18.0. The number of alkyl halides is 1. The van der Waals surface area contributed by atoms with E-state index in [1.807, 2.05) is 36.4 Å². The number of hydrogen-bond donors (Lipinski definition) is 0. The maximum absolute atomic E-state index is 15.3. The van der Waals surface area contributed by atoms with E-state index in [1.165, 1.54) is 42.0 Å². The van der Waals surface area contributed by atoms with Crippen molar-refractivity contribution in [2.45, 2.75) is 94.5 Å². The SMILES string of the molecule is CN1CC(=O)OC(Cc2ccc(C3CCOCC3)cc2)C(=O)N(C)CC(=O)OCC(=O)N(C)CC(=O)OC(Cc2ccc(C3CCOCC3)cc2)C(=O)N(C)C(CC(C)(C)F)C(=O)OCC1=O. The molecule has 3 atom stereocenters. The van der Waals surface area contributed by atoms with Crippen LogP contribution in [0.25, 0.3) is 0 Å². The van der Waals surface area contributed by atoms with Gasteiger partial charge in [-0.05, 0) is 73.6 Å². The topological polar surface area (TPSA) is 205 Å². The average molecular weight is 939 g/mol. The van der Waals surface area contributed by atoms with Crippen molar-refractivity contribution in [3.63, 3.8) is 0 Å². The molecule has 3 aliphatic rings. The van der Waals surface area contributed by atoms with Gasteiger partial charge in [0.05, 0.1) is 0 Å². The minimum atomic E-state index is -2.04. The molecule has 3 saturated heterocycles. The standard InChI is InChI=1S/C48H63FN4O14/c1-48(2,49)25-37-47(61)65-30-41(55)51(4)27-43(57)66-38(23-31-7-11-33(12-8-31)35-15-19-62-20-16-35)45(59)52(5)26-42(56)64-29-40(54)50(3)28-44(58)67-39(46(60)53(37)6)24-32-9-13-34(14-10-32)36-17-21-63-22-18-36/h7-14,35-39H,15-30H2,1-6H3. The Labute approximate surface area is 390 Å². The Morgan fingerprint density at radius 2 is 0.955 bits per heavy atom. The molecule has 0 saturated carbocycles. The van der Waals surface area contributed by atoms with Gasteiger partial charge >= 0.3 is 23.9 Å². The minimum Gasteiger partial charge on any atom is -0.454 e. The lowest BCUT2D eigenvalue weighted by atomic mass is 9.90. The number of carbonyl (C=O) groups excluding carboxylic acids is 8. The summed E-state index contributed by atoms with van der Waals surface area (Å²) >= 11 is 0. The first-order chi connectivity index (χ1) is 31.8. The van der Waals surface area contributed by atoms with E-state index in [1.54, 1.807) is 12.1 Å². The summed E-state index contributed by atoms with van der Waals surface area (Å²) in [7, 11) is 4.98. The van der Waals surface area contributed by atoms with E-state index in [2.05, 4.69) is 0 Å². The predicted molar refractivity (Wildman–Crippen MR) is 237 cm³/mol. The second-order valence-corrected chi connectivity index (χ2v) is 18.0. The molecule has 0 spiro atoms. The Kier molecular flexibility index (Phi) is 18.8. The van der Waals surface area contributed by atoms with Crippen molar-refractivity contribution in [1.29, 1.82) is 0 Å². The number of rotatable bonds is 8. The summed E-state index contributed by atoms with van der Waals surface area (Å²) in [6.45, 7) is 1.19. The lowest BCUT2D eigenvalue weighted by molar-refractivity contribution is -0.168. The van der Waals surface area contributed by atoms with E-state index in [4.69, 9.17) is 28.4 Å². The first-order valence-corrected chi connectivity index (χ1v) is 22.5. The summed E-state index contributed by atoms with van der Waals surface area (Å²) in [4.78, 5) is 112. The molecule has 0 aromatic heterocycles. The van der Waals surface area contributed by atoms with Gasteiger partial charge in [-0.3, -0.25) is 33.6 Å². The van der Waals surface area contributed by atoms with E-state index in [0.717, 1.165) is 56.4 Å². The number of likely N-dealkylation sites (N-methyl/N-ethyl adjacent to an activating group) is 4. The van der Waals surface area contributed by atoms with Gasteiger partial charge in [0.25, 0.3) is 23.6 Å². The van der Waals surface area contributed by atoms with Gasteiger partial charge in [0, 0.05) is 73.9 Å². The quantitative estimate of drug-likeness (QED) is 0.276. The van der Waals surface area contributed by atoms with Gasteiger partial charge in [0.15, 0.2) is 25.4 Å². The van der Waals surface area contributed by atoms with Crippen molar-refractivity contribution < 1.29 is 71.2 Å². The van der Waals surface area contributed by atoms with Crippen LogP contribution in [0.3, 0.4) is 0 Å². The number of halogens is 1. The van der Waals surface area contributed by atoms with Crippen LogP contribution >= 0.6 is 0 Å². The van der Waals surface area contributed by atoms with E-state index >= 15 is 4.39 Å².